The van der Waals surface area contributed by atoms with Crippen LogP contribution in [0.5, 0.6) is 5.75 Å². The number of guanidine groups is 1. The van der Waals surface area contributed by atoms with Crippen LogP contribution in [-0.4, -0.2) is 62.7 Å². The van der Waals surface area contributed by atoms with Gasteiger partial charge in [-0.3, -0.25) is 4.99 Å². The molecule has 0 aliphatic carbocycles. The smallest absolute Gasteiger partial charge is 0.215 e. The number of nitrogens with one attached hydrogen (secondary N) is 1. The average Bonchev–Trinajstić information content (AvgIpc) is 2.55. The second kappa shape index (κ2) is 8.42. The highest BCUT2D eigenvalue weighted by Gasteiger charge is 2.23. The van der Waals surface area contributed by atoms with Crippen molar-refractivity contribution in [3.05, 3.63) is 24.3 Å². The SMILES string of the molecule is COc1cccc(NC(N)=NCCS(=O)(=O)N2CCSCC2)c1. The highest BCUT2D eigenvalue weighted by Crippen LogP contribution is 2.16. The van der Waals surface area contributed by atoms with Gasteiger partial charge in [-0.25, -0.2) is 12.7 Å². The van der Waals surface area contributed by atoms with Crippen molar-refractivity contribution in [2.24, 2.45) is 10.7 Å². The van der Waals surface area contributed by atoms with Gasteiger partial charge in [0.25, 0.3) is 0 Å². The molecular weight excluding hydrogens is 336 g/mol. The Kier molecular flexibility index (Phi) is 6.55. The zero-order valence-corrected chi connectivity index (χ0v) is 14.7. The quantitative estimate of drug-likeness (QED) is 0.577. The monoisotopic (exact) mass is 358 g/mol. The number of nitrogens with two attached hydrogens (primary N) is 1. The number of sulfonamides is 1. The first kappa shape index (κ1) is 17.9. The van der Waals surface area contributed by atoms with Gasteiger partial charge in [-0.05, 0) is 12.1 Å². The summed E-state index contributed by atoms with van der Waals surface area (Å²) in [6.45, 7) is 1.29. The van der Waals surface area contributed by atoms with Crippen LogP contribution in [0.1, 0.15) is 0 Å². The van der Waals surface area contributed by atoms with Crippen molar-refractivity contribution in [2.45, 2.75) is 0 Å². The molecule has 0 amide bonds. The fourth-order valence-electron chi connectivity index (χ4n) is 2.12. The molecule has 2 rings (SSSR count). The van der Waals surface area contributed by atoms with Crippen LogP contribution in [0, 0.1) is 0 Å². The van der Waals surface area contributed by atoms with E-state index in [-0.39, 0.29) is 18.3 Å². The Morgan fingerprint density at radius 1 is 1.43 bits per heavy atom. The summed E-state index contributed by atoms with van der Waals surface area (Å²) in [6.07, 6.45) is 0. The van der Waals surface area contributed by atoms with Gasteiger partial charge in [-0.1, -0.05) is 6.07 Å². The molecule has 3 N–H and O–H groups in total. The first-order valence-electron chi connectivity index (χ1n) is 7.28. The van der Waals surface area contributed by atoms with E-state index in [1.807, 2.05) is 18.2 Å². The van der Waals surface area contributed by atoms with Gasteiger partial charge in [0.05, 0.1) is 19.4 Å². The number of aliphatic imine (C=N–C) groups is 1. The van der Waals surface area contributed by atoms with E-state index in [0.717, 1.165) is 17.2 Å². The normalized spacial score (nSPS) is 17.0. The molecule has 0 saturated carbocycles. The molecule has 1 aromatic rings. The third-order valence-electron chi connectivity index (χ3n) is 3.34. The Balaban J connectivity index is 1.86. The summed E-state index contributed by atoms with van der Waals surface area (Å²) in [4.78, 5) is 4.09. The summed E-state index contributed by atoms with van der Waals surface area (Å²) < 4.78 is 31.0. The molecule has 0 spiro atoms. The van der Waals surface area contributed by atoms with Gasteiger partial charge < -0.3 is 15.8 Å². The van der Waals surface area contributed by atoms with Crippen LogP contribution >= 0.6 is 11.8 Å². The van der Waals surface area contributed by atoms with Crippen LogP contribution in [0.15, 0.2) is 29.3 Å². The van der Waals surface area contributed by atoms with E-state index >= 15 is 0 Å². The maximum absolute atomic E-state index is 12.2. The number of ether oxygens (including phenoxy) is 1. The Bertz CT molecular complexity index is 643. The molecule has 1 aromatic carbocycles. The fraction of sp³-hybridized carbons (Fsp3) is 0.500. The highest BCUT2D eigenvalue weighted by atomic mass is 32.2. The molecule has 0 unspecified atom stereocenters. The molecule has 0 radical (unpaired) electrons. The minimum atomic E-state index is -3.25. The van der Waals surface area contributed by atoms with E-state index in [0.29, 0.717) is 18.8 Å². The molecule has 0 atom stereocenters. The third kappa shape index (κ3) is 5.60. The molecule has 23 heavy (non-hydrogen) atoms. The number of methoxy groups -OCH3 is 1. The number of thioether (sulfide) groups is 1. The van der Waals surface area contributed by atoms with E-state index in [1.54, 1.807) is 24.9 Å². The standard InChI is InChI=1S/C14H22N4O3S2/c1-21-13-4-2-3-12(11-13)17-14(15)16-5-10-23(19,20)18-6-8-22-9-7-18/h2-4,11H,5-10H2,1H3,(H3,15,16,17). The van der Waals surface area contributed by atoms with Crippen molar-refractivity contribution in [2.75, 3.05) is 49.3 Å². The molecule has 7 nitrogen and oxygen atoms in total. The van der Waals surface area contributed by atoms with Crippen molar-refractivity contribution < 1.29 is 13.2 Å². The number of hydrogen-bond donors (Lipinski definition) is 2. The van der Waals surface area contributed by atoms with Gasteiger partial charge in [0.15, 0.2) is 5.96 Å². The van der Waals surface area contributed by atoms with Crippen LogP contribution in [0.4, 0.5) is 5.69 Å². The predicted molar refractivity (Wildman–Crippen MR) is 95.8 cm³/mol. The highest BCUT2D eigenvalue weighted by molar-refractivity contribution is 7.99. The topological polar surface area (TPSA) is 97.0 Å². The first-order chi connectivity index (χ1) is 11.0. The molecule has 1 aliphatic heterocycles. The lowest BCUT2D eigenvalue weighted by molar-refractivity contribution is 0.415. The van der Waals surface area contributed by atoms with E-state index in [9.17, 15) is 8.42 Å². The average molecular weight is 358 g/mol. The van der Waals surface area contributed by atoms with Gasteiger partial charge in [-0.15, -0.1) is 0 Å². The Morgan fingerprint density at radius 3 is 2.87 bits per heavy atom. The summed E-state index contributed by atoms with van der Waals surface area (Å²) in [5, 5.41) is 2.92. The van der Waals surface area contributed by atoms with E-state index in [1.165, 1.54) is 4.31 Å². The molecule has 1 heterocycles. The molecular formula is C14H22N4O3S2. The predicted octanol–water partition coefficient (Wildman–Crippen LogP) is 0.800. The number of benzene rings is 1. The van der Waals surface area contributed by atoms with Crippen LogP contribution < -0.4 is 15.8 Å². The molecule has 9 heteroatoms. The molecule has 1 fully saturated rings. The lowest BCUT2D eigenvalue weighted by Gasteiger charge is -2.25. The van der Waals surface area contributed by atoms with Crippen molar-refractivity contribution in [1.82, 2.24) is 4.31 Å². The van der Waals surface area contributed by atoms with Crippen LogP contribution in [0.3, 0.4) is 0 Å². The van der Waals surface area contributed by atoms with Gasteiger partial charge >= 0.3 is 0 Å². The third-order valence-corrected chi connectivity index (χ3v) is 6.13. The summed E-state index contributed by atoms with van der Waals surface area (Å²) >= 11 is 1.77. The summed E-state index contributed by atoms with van der Waals surface area (Å²) in [7, 11) is -1.67. The number of nitrogens with zero attached hydrogens (tertiary/aromatic N) is 2. The van der Waals surface area contributed by atoms with Crippen molar-refractivity contribution >= 4 is 33.4 Å². The maximum atomic E-state index is 12.2. The van der Waals surface area contributed by atoms with Gasteiger partial charge in [0.2, 0.25) is 10.0 Å². The van der Waals surface area contributed by atoms with E-state index < -0.39 is 10.0 Å². The molecule has 0 bridgehead atoms. The van der Waals surface area contributed by atoms with Crippen LogP contribution in [-0.2, 0) is 10.0 Å². The minimum absolute atomic E-state index is 0.0296. The van der Waals surface area contributed by atoms with Crippen molar-refractivity contribution in [3.63, 3.8) is 0 Å². The van der Waals surface area contributed by atoms with E-state index in [4.69, 9.17) is 10.5 Å². The summed E-state index contributed by atoms with van der Waals surface area (Å²) in [5.41, 5.74) is 6.53. The summed E-state index contributed by atoms with van der Waals surface area (Å²) in [6, 6.07) is 7.26. The van der Waals surface area contributed by atoms with Crippen molar-refractivity contribution in [3.8, 4) is 5.75 Å². The second-order valence-electron chi connectivity index (χ2n) is 4.95. The zero-order chi connectivity index (χ0) is 16.7. The Labute approximate surface area is 141 Å². The van der Waals surface area contributed by atoms with Gasteiger partial charge in [-0.2, -0.15) is 11.8 Å². The maximum Gasteiger partial charge on any atom is 0.215 e. The first-order valence-corrected chi connectivity index (χ1v) is 10.0. The summed E-state index contributed by atoms with van der Waals surface area (Å²) in [5.74, 6) is 2.55. The van der Waals surface area contributed by atoms with Crippen LogP contribution in [0.25, 0.3) is 0 Å². The zero-order valence-electron chi connectivity index (χ0n) is 13.1. The molecule has 1 saturated heterocycles. The van der Waals surface area contributed by atoms with E-state index in [2.05, 4.69) is 10.3 Å². The largest absolute Gasteiger partial charge is 0.497 e. The molecule has 1 aliphatic rings. The van der Waals surface area contributed by atoms with Crippen LogP contribution in [0.2, 0.25) is 0 Å². The number of hydrogen-bond acceptors (Lipinski definition) is 5. The Morgan fingerprint density at radius 2 is 2.17 bits per heavy atom. The second-order valence-corrected chi connectivity index (χ2v) is 8.26. The van der Waals surface area contributed by atoms with Gasteiger partial charge in [0.1, 0.15) is 5.75 Å². The van der Waals surface area contributed by atoms with Gasteiger partial charge in [0, 0.05) is 36.3 Å². The van der Waals surface area contributed by atoms with Crippen molar-refractivity contribution in [1.29, 1.82) is 0 Å². The molecule has 128 valence electrons. The lowest BCUT2D eigenvalue weighted by Crippen LogP contribution is -2.40. The molecule has 0 aromatic heterocycles. The number of rotatable bonds is 6. The Hall–Kier alpha value is -1.45. The fourth-order valence-corrected chi connectivity index (χ4v) is 4.58. The minimum Gasteiger partial charge on any atom is -0.497 e. The number of anilines is 1. The lowest BCUT2D eigenvalue weighted by atomic mass is 10.3.